The highest BCUT2D eigenvalue weighted by Crippen LogP contribution is 2.27. The molecule has 0 saturated heterocycles. The van der Waals surface area contributed by atoms with Gasteiger partial charge in [-0.25, -0.2) is 4.39 Å². The first kappa shape index (κ1) is 25.1. The number of aryl methyl sites for hydroxylation is 1. The van der Waals surface area contributed by atoms with E-state index in [0.717, 1.165) is 16.0 Å². The summed E-state index contributed by atoms with van der Waals surface area (Å²) in [4.78, 5) is 37.9. The lowest BCUT2D eigenvalue weighted by Crippen LogP contribution is -2.36. The molecule has 0 bridgehead atoms. The number of amides is 2. The number of imide groups is 1. The Labute approximate surface area is 207 Å². The van der Waals surface area contributed by atoms with E-state index in [0.29, 0.717) is 23.1 Å². The zero-order chi connectivity index (χ0) is 25.8. The van der Waals surface area contributed by atoms with Crippen LogP contribution >= 0.6 is 0 Å². The van der Waals surface area contributed by atoms with Crippen LogP contribution in [-0.2, 0) is 11.2 Å². The molecule has 0 spiro atoms. The number of nitrogens with zero attached hydrogens (tertiary/aromatic N) is 1. The summed E-state index contributed by atoms with van der Waals surface area (Å²) in [6.07, 6.45) is -0.595. The number of benzene rings is 3. The van der Waals surface area contributed by atoms with Crippen molar-refractivity contribution in [3.63, 3.8) is 0 Å². The summed E-state index contributed by atoms with van der Waals surface area (Å²) in [6.45, 7) is -0.0898. The second-order valence-corrected chi connectivity index (χ2v) is 8.69. The van der Waals surface area contributed by atoms with E-state index in [1.54, 1.807) is 36.4 Å². The Morgan fingerprint density at radius 1 is 0.944 bits per heavy atom. The fourth-order valence-corrected chi connectivity index (χ4v) is 4.42. The Bertz CT molecular complexity index is 1250. The lowest BCUT2D eigenvalue weighted by Gasteiger charge is -2.22. The topological polar surface area (TPSA) is 104 Å². The number of carbonyl (C=O) groups excluding carboxylic acids is 2. The molecule has 2 N–H and O–H groups in total. The van der Waals surface area contributed by atoms with Crippen molar-refractivity contribution in [2.24, 2.45) is 5.92 Å². The molecular formula is C28H26FNO6. The Morgan fingerprint density at radius 2 is 1.56 bits per heavy atom. The monoisotopic (exact) mass is 491 g/mol. The molecular weight excluding hydrogens is 465 g/mol. The molecule has 0 unspecified atom stereocenters. The van der Waals surface area contributed by atoms with Crippen LogP contribution in [0.2, 0.25) is 0 Å². The number of hydrogen-bond acceptors (Lipinski definition) is 5. The molecule has 3 aromatic rings. The van der Waals surface area contributed by atoms with E-state index in [2.05, 4.69) is 0 Å². The predicted octanol–water partition coefficient (Wildman–Crippen LogP) is 4.18. The number of methoxy groups -OCH3 is 1. The number of fused-ring (bicyclic) bond motifs is 1. The van der Waals surface area contributed by atoms with Gasteiger partial charge in [0.15, 0.2) is 11.6 Å². The summed E-state index contributed by atoms with van der Waals surface area (Å²) in [5.74, 6) is -3.51. The Morgan fingerprint density at radius 3 is 2.11 bits per heavy atom. The molecule has 7 nitrogen and oxygen atoms in total. The molecule has 0 fully saturated rings. The van der Waals surface area contributed by atoms with Gasteiger partial charge in [-0.2, -0.15) is 0 Å². The molecule has 2 amide bonds. The van der Waals surface area contributed by atoms with Crippen LogP contribution in [0.4, 0.5) is 4.39 Å². The maximum absolute atomic E-state index is 14.0. The number of hydrogen-bond donors (Lipinski definition) is 2. The van der Waals surface area contributed by atoms with Crippen molar-refractivity contribution >= 4 is 17.8 Å². The third-order valence-corrected chi connectivity index (χ3v) is 6.49. The Kier molecular flexibility index (Phi) is 7.45. The van der Waals surface area contributed by atoms with E-state index in [9.17, 15) is 29.0 Å². The number of halogens is 1. The van der Waals surface area contributed by atoms with Crippen LogP contribution in [0, 0.1) is 11.7 Å². The van der Waals surface area contributed by atoms with Gasteiger partial charge in [0.05, 0.1) is 30.3 Å². The highest BCUT2D eigenvalue weighted by molar-refractivity contribution is 6.21. The maximum Gasteiger partial charge on any atom is 0.309 e. The minimum absolute atomic E-state index is 0.0516. The maximum atomic E-state index is 14.0. The largest absolute Gasteiger partial charge is 0.494 e. The van der Waals surface area contributed by atoms with Gasteiger partial charge in [0.25, 0.3) is 11.8 Å². The highest BCUT2D eigenvalue weighted by atomic mass is 19.1. The summed E-state index contributed by atoms with van der Waals surface area (Å²) < 4.78 is 18.9. The average molecular weight is 492 g/mol. The molecule has 0 radical (unpaired) electrons. The number of aliphatic hydroxyl groups is 1. The third-order valence-electron chi connectivity index (χ3n) is 6.49. The Hall–Kier alpha value is -4.04. The lowest BCUT2D eigenvalue weighted by molar-refractivity contribution is -0.146. The summed E-state index contributed by atoms with van der Waals surface area (Å²) in [7, 11) is 1.40. The first-order valence-electron chi connectivity index (χ1n) is 11.6. The Balaban J connectivity index is 1.35. The van der Waals surface area contributed by atoms with Crippen molar-refractivity contribution in [3.8, 4) is 16.9 Å². The normalized spacial score (nSPS) is 14.5. The van der Waals surface area contributed by atoms with E-state index in [-0.39, 0.29) is 25.1 Å². The van der Waals surface area contributed by atoms with Crippen molar-refractivity contribution in [2.45, 2.75) is 25.4 Å². The quantitative estimate of drug-likeness (QED) is 0.413. The SMILES string of the molecule is COc1ccc(-c2ccc(CC[C@@H](O)[C@H](CCN3C(=O)c4ccccc4C3=O)C(=O)O)cc2)cc1F. The summed E-state index contributed by atoms with van der Waals surface area (Å²) in [5, 5.41) is 20.3. The zero-order valence-corrected chi connectivity index (χ0v) is 19.7. The highest BCUT2D eigenvalue weighted by Gasteiger charge is 2.36. The van der Waals surface area contributed by atoms with Gasteiger partial charge >= 0.3 is 5.97 Å². The minimum Gasteiger partial charge on any atom is -0.494 e. The summed E-state index contributed by atoms with van der Waals surface area (Å²) >= 11 is 0. The smallest absolute Gasteiger partial charge is 0.309 e. The molecule has 0 saturated carbocycles. The second-order valence-electron chi connectivity index (χ2n) is 8.69. The second kappa shape index (κ2) is 10.7. The molecule has 36 heavy (non-hydrogen) atoms. The van der Waals surface area contributed by atoms with Crippen LogP contribution in [0.1, 0.15) is 39.1 Å². The van der Waals surface area contributed by atoms with E-state index in [4.69, 9.17) is 4.74 Å². The van der Waals surface area contributed by atoms with Crippen LogP contribution in [0.25, 0.3) is 11.1 Å². The van der Waals surface area contributed by atoms with E-state index in [1.165, 1.54) is 13.2 Å². The van der Waals surface area contributed by atoms with Gasteiger partial charge < -0.3 is 14.9 Å². The number of ether oxygens (including phenoxy) is 1. The van der Waals surface area contributed by atoms with E-state index < -0.39 is 35.6 Å². The molecule has 1 heterocycles. The van der Waals surface area contributed by atoms with Crippen molar-refractivity contribution in [3.05, 3.63) is 89.2 Å². The predicted molar refractivity (Wildman–Crippen MR) is 130 cm³/mol. The standard InChI is InChI=1S/C28H26FNO6/c1-36-25-13-11-19(16-23(25)29)18-9-6-17(7-10-18)8-12-24(31)22(28(34)35)14-15-30-26(32)20-4-2-3-5-21(20)27(30)33/h2-7,9-11,13,16,22,24,31H,8,12,14-15H2,1H3,(H,34,35)/t22-,24+/m0/s1. The zero-order valence-electron chi connectivity index (χ0n) is 19.7. The van der Waals surface area contributed by atoms with Crippen LogP contribution in [-0.4, -0.2) is 52.7 Å². The fraction of sp³-hybridized carbons (Fsp3) is 0.250. The summed E-state index contributed by atoms with van der Waals surface area (Å²) in [5.41, 5.74) is 2.99. The number of aliphatic hydroxyl groups excluding tert-OH is 1. The number of rotatable bonds is 10. The number of carboxylic acid groups (broad SMARTS) is 1. The molecule has 186 valence electrons. The first-order chi connectivity index (χ1) is 17.3. The van der Waals surface area contributed by atoms with Gasteiger partial charge in [-0.3, -0.25) is 19.3 Å². The number of carbonyl (C=O) groups is 3. The molecule has 2 atom stereocenters. The van der Waals surface area contributed by atoms with E-state index in [1.807, 2.05) is 24.3 Å². The van der Waals surface area contributed by atoms with Crippen molar-refractivity contribution in [1.29, 1.82) is 0 Å². The minimum atomic E-state index is -1.18. The molecule has 1 aliphatic rings. The van der Waals surface area contributed by atoms with Crippen LogP contribution in [0.5, 0.6) is 5.75 Å². The van der Waals surface area contributed by atoms with E-state index >= 15 is 0 Å². The van der Waals surface area contributed by atoms with Crippen molar-refractivity contribution in [2.75, 3.05) is 13.7 Å². The van der Waals surface area contributed by atoms with Crippen LogP contribution < -0.4 is 4.74 Å². The molecule has 3 aromatic carbocycles. The fourth-order valence-electron chi connectivity index (χ4n) is 4.42. The van der Waals surface area contributed by atoms with Crippen molar-refractivity contribution in [1.82, 2.24) is 4.90 Å². The van der Waals surface area contributed by atoms with Gasteiger partial charge in [-0.05, 0) is 60.2 Å². The third kappa shape index (κ3) is 5.13. The van der Waals surface area contributed by atoms with Crippen LogP contribution in [0.15, 0.2) is 66.7 Å². The molecule has 0 aromatic heterocycles. The number of carboxylic acids is 1. The van der Waals surface area contributed by atoms with Gasteiger partial charge in [-0.15, -0.1) is 0 Å². The first-order valence-corrected chi connectivity index (χ1v) is 11.6. The average Bonchev–Trinajstić information content (AvgIpc) is 3.12. The molecule has 8 heteroatoms. The van der Waals surface area contributed by atoms with Gasteiger partial charge in [-0.1, -0.05) is 42.5 Å². The molecule has 0 aliphatic carbocycles. The van der Waals surface area contributed by atoms with Crippen LogP contribution in [0.3, 0.4) is 0 Å². The summed E-state index contributed by atoms with van der Waals surface area (Å²) in [6, 6.07) is 18.5. The molecule has 4 rings (SSSR count). The van der Waals surface area contributed by atoms with Gasteiger partial charge in [0.2, 0.25) is 0 Å². The van der Waals surface area contributed by atoms with Crippen molar-refractivity contribution < 1.29 is 33.7 Å². The molecule has 1 aliphatic heterocycles. The van der Waals surface area contributed by atoms with Gasteiger partial charge in [0.1, 0.15) is 0 Å². The lowest BCUT2D eigenvalue weighted by atomic mass is 9.93. The van der Waals surface area contributed by atoms with Gasteiger partial charge in [0, 0.05) is 6.54 Å². The number of aliphatic carboxylic acids is 1.